The van der Waals surface area contributed by atoms with E-state index in [0.717, 1.165) is 0 Å². The van der Waals surface area contributed by atoms with Gasteiger partial charge in [0.05, 0.1) is 9.92 Å². The molecular formula is C15H12Cl2O3S. The van der Waals surface area contributed by atoms with Gasteiger partial charge in [-0.2, -0.15) is 0 Å². The predicted octanol–water partition coefficient (Wildman–Crippen LogP) is 4.04. The minimum absolute atomic E-state index is 0.0467. The molecular weight excluding hydrogens is 331 g/mol. The van der Waals surface area contributed by atoms with Crippen LogP contribution in [0.1, 0.15) is 17.3 Å². The van der Waals surface area contributed by atoms with Gasteiger partial charge in [0, 0.05) is 10.6 Å². The van der Waals surface area contributed by atoms with E-state index in [1.165, 1.54) is 31.2 Å². The van der Waals surface area contributed by atoms with Crippen molar-refractivity contribution in [3.63, 3.8) is 0 Å². The molecule has 0 aliphatic rings. The number of carbonyl (C=O) groups excluding carboxylic acids is 1. The molecule has 0 radical (unpaired) electrons. The molecule has 1 atom stereocenters. The van der Waals surface area contributed by atoms with Gasteiger partial charge in [0.15, 0.2) is 15.6 Å². The monoisotopic (exact) mass is 342 g/mol. The molecule has 0 saturated heterocycles. The van der Waals surface area contributed by atoms with Crippen molar-refractivity contribution in [2.75, 3.05) is 0 Å². The molecule has 0 aromatic heterocycles. The molecule has 110 valence electrons. The van der Waals surface area contributed by atoms with E-state index in [2.05, 4.69) is 0 Å². The Morgan fingerprint density at radius 1 is 1.05 bits per heavy atom. The van der Waals surface area contributed by atoms with Crippen LogP contribution in [0.4, 0.5) is 0 Å². The first kappa shape index (κ1) is 16.0. The number of sulfone groups is 1. The Morgan fingerprint density at radius 2 is 1.71 bits per heavy atom. The highest BCUT2D eigenvalue weighted by Gasteiger charge is 2.31. The number of halogens is 2. The minimum atomic E-state index is -3.85. The van der Waals surface area contributed by atoms with Crippen LogP contribution >= 0.6 is 23.2 Å². The lowest BCUT2D eigenvalue weighted by atomic mass is 10.1. The maximum atomic E-state index is 12.5. The Hall–Kier alpha value is -1.36. The molecule has 0 amide bonds. The summed E-state index contributed by atoms with van der Waals surface area (Å²) < 4.78 is 25.0. The van der Waals surface area contributed by atoms with Crippen molar-refractivity contribution in [1.29, 1.82) is 0 Å². The third kappa shape index (κ3) is 3.28. The third-order valence-corrected chi connectivity index (χ3v) is 5.88. The first-order chi connectivity index (χ1) is 9.84. The summed E-state index contributed by atoms with van der Waals surface area (Å²) in [5.74, 6) is -0.516. The summed E-state index contributed by atoms with van der Waals surface area (Å²) in [6.45, 7) is 1.35. The van der Waals surface area contributed by atoms with Crippen molar-refractivity contribution in [2.45, 2.75) is 17.1 Å². The molecule has 0 N–H and O–H groups in total. The Kier molecular flexibility index (Phi) is 4.71. The summed E-state index contributed by atoms with van der Waals surface area (Å²) in [5, 5.41) is -0.762. The van der Waals surface area contributed by atoms with Gasteiger partial charge in [0.1, 0.15) is 5.25 Å². The predicted molar refractivity (Wildman–Crippen MR) is 83.9 cm³/mol. The molecule has 0 bridgehead atoms. The van der Waals surface area contributed by atoms with Gasteiger partial charge in [-0.15, -0.1) is 0 Å². The van der Waals surface area contributed by atoms with Crippen molar-refractivity contribution in [3.05, 3.63) is 64.1 Å². The molecule has 0 heterocycles. The molecule has 2 aromatic carbocycles. The highest BCUT2D eigenvalue weighted by Crippen LogP contribution is 2.26. The van der Waals surface area contributed by atoms with Crippen LogP contribution < -0.4 is 0 Å². The smallest absolute Gasteiger partial charge is 0.189 e. The van der Waals surface area contributed by atoms with Crippen molar-refractivity contribution in [1.82, 2.24) is 0 Å². The zero-order valence-electron chi connectivity index (χ0n) is 11.1. The van der Waals surface area contributed by atoms with Crippen LogP contribution in [0, 0.1) is 0 Å². The van der Waals surface area contributed by atoms with Gasteiger partial charge in [0.2, 0.25) is 0 Å². The molecule has 0 fully saturated rings. The van der Waals surface area contributed by atoms with E-state index in [-0.39, 0.29) is 15.5 Å². The normalized spacial score (nSPS) is 12.9. The number of rotatable bonds is 4. The lowest BCUT2D eigenvalue weighted by Gasteiger charge is -2.13. The van der Waals surface area contributed by atoms with E-state index >= 15 is 0 Å². The molecule has 0 saturated carbocycles. The highest BCUT2D eigenvalue weighted by atomic mass is 35.5. The summed E-state index contributed by atoms with van der Waals surface area (Å²) in [6.07, 6.45) is 0. The fourth-order valence-electron chi connectivity index (χ4n) is 1.88. The van der Waals surface area contributed by atoms with Gasteiger partial charge in [-0.05, 0) is 31.2 Å². The number of hydrogen-bond acceptors (Lipinski definition) is 3. The van der Waals surface area contributed by atoms with E-state index in [0.29, 0.717) is 5.02 Å². The van der Waals surface area contributed by atoms with Crippen LogP contribution in [-0.4, -0.2) is 19.5 Å². The van der Waals surface area contributed by atoms with E-state index in [9.17, 15) is 13.2 Å². The zero-order valence-corrected chi connectivity index (χ0v) is 13.4. The molecule has 0 aliphatic heterocycles. The summed E-state index contributed by atoms with van der Waals surface area (Å²) in [4.78, 5) is 12.3. The van der Waals surface area contributed by atoms with Crippen LogP contribution in [0.15, 0.2) is 53.4 Å². The number of carbonyl (C=O) groups is 1. The van der Waals surface area contributed by atoms with Gasteiger partial charge < -0.3 is 0 Å². The molecule has 2 aromatic rings. The van der Waals surface area contributed by atoms with Crippen LogP contribution in [0.5, 0.6) is 0 Å². The second-order valence-corrected chi connectivity index (χ2v) is 7.57. The largest absolute Gasteiger partial charge is 0.293 e. The molecule has 0 aliphatic carbocycles. The highest BCUT2D eigenvalue weighted by molar-refractivity contribution is 7.93. The average molecular weight is 343 g/mol. The summed E-state index contributed by atoms with van der Waals surface area (Å²) in [7, 11) is -3.85. The van der Waals surface area contributed by atoms with Crippen LogP contribution in [0.3, 0.4) is 0 Å². The molecule has 21 heavy (non-hydrogen) atoms. The first-order valence-corrected chi connectivity index (χ1v) is 8.42. The Balaban J connectivity index is 2.42. The molecule has 3 nitrogen and oxygen atoms in total. The van der Waals surface area contributed by atoms with E-state index < -0.39 is 20.9 Å². The van der Waals surface area contributed by atoms with Crippen molar-refractivity contribution >= 4 is 38.8 Å². The van der Waals surface area contributed by atoms with E-state index in [1.54, 1.807) is 24.3 Å². The molecule has 6 heteroatoms. The van der Waals surface area contributed by atoms with Gasteiger partial charge in [-0.25, -0.2) is 8.42 Å². The molecule has 1 unspecified atom stereocenters. The SMILES string of the molecule is CC(C(=O)c1cccc(Cl)c1)S(=O)(=O)c1ccccc1Cl. The summed E-state index contributed by atoms with van der Waals surface area (Å²) in [5.41, 5.74) is 0.255. The van der Waals surface area contributed by atoms with Crippen LogP contribution in [-0.2, 0) is 9.84 Å². The van der Waals surface area contributed by atoms with Gasteiger partial charge in [0.25, 0.3) is 0 Å². The number of ketones is 1. The minimum Gasteiger partial charge on any atom is -0.293 e. The second-order valence-electron chi connectivity index (χ2n) is 4.49. The molecule has 2 rings (SSSR count). The van der Waals surface area contributed by atoms with Crippen LogP contribution in [0.25, 0.3) is 0 Å². The number of Topliss-reactive ketones (excluding diaryl/α,β-unsaturated/α-hetero) is 1. The van der Waals surface area contributed by atoms with Crippen LogP contribution in [0.2, 0.25) is 10.0 Å². The molecule has 0 spiro atoms. The van der Waals surface area contributed by atoms with Gasteiger partial charge in [-0.1, -0.05) is 47.5 Å². The van der Waals surface area contributed by atoms with E-state index in [4.69, 9.17) is 23.2 Å². The maximum Gasteiger partial charge on any atom is 0.189 e. The average Bonchev–Trinajstić information content (AvgIpc) is 2.46. The van der Waals surface area contributed by atoms with Gasteiger partial charge >= 0.3 is 0 Å². The fourth-order valence-corrected chi connectivity index (χ4v) is 3.94. The van der Waals surface area contributed by atoms with E-state index in [1.807, 2.05) is 0 Å². The topological polar surface area (TPSA) is 51.2 Å². The zero-order chi connectivity index (χ0) is 15.6. The lowest BCUT2D eigenvalue weighted by Crippen LogP contribution is -2.27. The quantitative estimate of drug-likeness (QED) is 0.788. The first-order valence-electron chi connectivity index (χ1n) is 6.12. The number of hydrogen-bond donors (Lipinski definition) is 0. The fraction of sp³-hybridized carbons (Fsp3) is 0.133. The summed E-state index contributed by atoms with van der Waals surface area (Å²) in [6, 6.07) is 12.3. The van der Waals surface area contributed by atoms with Crippen molar-refractivity contribution in [2.24, 2.45) is 0 Å². The van der Waals surface area contributed by atoms with Gasteiger partial charge in [-0.3, -0.25) is 4.79 Å². The third-order valence-electron chi connectivity index (χ3n) is 3.09. The standard InChI is InChI=1S/C15H12Cl2O3S/c1-10(15(18)11-5-4-6-12(16)9-11)21(19,20)14-8-3-2-7-13(14)17/h2-10H,1H3. The number of benzene rings is 2. The Labute approximate surface area is 133 Å². The Morgan fingerprint density at radius 3 is 2.33 bits per heavy atom. The van der Waals surface area contributed by atoms with Crippen molar-refractivity contribution < 1.29 is 13.2 Å². The Bertz CT molecular complexity index is 785. The lowest BCUT2D eigenvalue weighted by molar-refractivity contribution is 0.0991. The van der Waals surface area contributed by atoms with Crippen molar-refractivity contribution in [3.8, 4) is 0 Å². The maximum absolute atomic E-state index is 12.5. The second kappa shape index (κ2) is 6.18. The summed E-state index contributed by atoms with van der Waals surface area (Å²) >= 11 is 11.7.